The van der Waals surface area contributed by atoms with Gasteiger partial charge in [0.25, 0.3) is 11.1 Å². The van der Waals surface area contributed by atoms with Crippen LogP contribution in [0.25, 0.3) is 16.8 Å². The average Bonchev–Trinajstić information content (AvgIpc) is 3.74. The van der Waals surface area contributed by atoms with Crippen LogP contribution in [0.3, 0.4) is 0 Å². The molecule has 10 atom stereocenters. The molecule has 6 N–H and O–H groups in total. The lowest BCUT2D eigenvalue weighted by Gasteiger charge is -2.27. The topological polar surface area (TPSA) is 262 Å². The van der Waals surface area contributed by atoms with Crippen LogP contribution in [-0.2, 0) is 43.9 Å². The van der Waals surface area contributed by atoms with E-state index in [9.17, 15) is 29.3 Å². The van der Waals surface area contributed by atoms with Crippen molar-refractivity contribution in [2.45, 2.75) is 49.1 Å². The monoisotopic (exact) mass is 706 g/mol. The number of hydrogen-bond donors (Lipinski definition) is 6. The van der Waals surface area contributed by atoms with Crippen molar-refractivity contribution in [3.8, 4) is 0 Å². The summed E-state index contributed by atoms with van der Waals surface area (Å²) in [4.78, 5) is 50.8. The number of imidazole rings is 2. The molecule has 0 saturated carbocycles. The number of rotatable bonds is 2. The number of nitrogens with zero attached hydrogens (tertiary/aromatic N) is 6. The molecule has 24 heteroatoms. The van der Waals surface area contributed by atoms with E-state index in [0.29, 0.717) is 0 Å². The van der Waals surface area contributed by atoms with Crippen LogP contribution in [0.1, 0.15) is 12.5 Å². The summed E-state index contributed by atoms with van der Waals surface area (Å²) in [6, 6.07) is 0. The molecule has 4 aromatic heterocycles. The van der Waals surface area contributed by atoms with E-state index in [1.54, 1.807) is 6.20 Å². The van der Waals surface area contributed by atoms with Crippen LogP contribution < -0.4 is 16.9 Å². The highest BCUT2D eigenvalue weighted by molar-refractivity contribution is 8.44. The molecule has 0 amide bonds. The maximum absolute atomic E-state index is 13.5. The van der Waals surface area contributed by atoms with Gasteiger partial charge < -0.3 is 39.2 Å². The molecule has 4 aromatic rings. The van der Waals surface area contributed by atoms with E-state index in [0.717, 1.165) is 4.57 Å². The average molecular weight is 707 g/mol. The molecule has 3 saturated heterocycles. The molecule has 0 radical (unpaired) electrons. The highest BCUT2D eigenvalue weighted by Crippen LogP contribution is 2.58. The van der Waals surface area contributed by atoms with E-state index in [-0.39, 0.29) is 22.8 Å². The third-order valence-corrected chi connectivity index (χ3v) is 10.6. The molecule has 7 heterocycles. The summed E-state index contributed by atoms with van der Waals surface area (Å²) >= 11 is 9.25. The number of nitrogen functional groups attached to an aromatic ring is 1. The first-order valence-corrected chi connectivity index (χ1v) is 18.4. The number of aliphatic hydroxyl groups excluding tert-OH is 2. The minimum Gasteiger partial charge on any atom is -0.387 e. The summed E-state index contributed by atoms with van der Waals surface area (Å²) in [5.74, 6) is -0.229. The molecule has 3 aliphatic rings. The number of thiol groups is 1. The van der Waals surface area contributed by atoms with Crippen molar-refractivity contribution in [2.24, 2.45) is 0 Å². The zero-order chi connectivity index (χ0) is 31.8. The minimum absolute atomic E-state index is 0.0405. The zero-order valence-corrected chi connectivity index (χ0v) is 25.9. The van der Waals surface area contributed by atoms with Gasteiger partial charge in [-0.25, -0.2) is 14.5 Å². The Morgan fingerprint density at radius 3 is 2.53 bits per heavy atom. The maximum Gasteiger partial charge on any atom is 0.386 e. The summed E-state index contributed by atoms with van der Waals surface area (Å²) in [5, 5.41) is 22.3. The van der Waals surface area contributed by atoms with Gasteiger partial charge in [-0.3, -0.25) is 37.3 Å². The Bertz CT molecular complexity index is 2000. The van der Waals surface area contributed by atoms with Crippen molar-refractivity contribution in [3.05, 3.63) is 51.8 Å². The number of nitrogens with one attached hydrogen (secondary N) is 1. The van der Waals surface area contributed by atoms with E-state index < -0.39 is 86.9 Å². The third-order valence-electron chi connectivity index (χ3n) is 7.42. The van der Waals surface area contributed by atoms with Gasteiger partial charge in [0.05, 0.1) is 19.5 Å². The molecule has 2 unspecified atom stereocenters. The summed E-state index contributed by atoms with van der Waals surface area (Å²) in [6.45, 7) is -9.80. The fourth-order valence-electron chi connectivity index (χ4n) is 5.37. The number of nitrogens with two attached hydrogens (primary N) is 1. The molecule has 45 heavy (non-hydrogen) atoms. The molecule has 20 nitrogen and oxygen atoms in total. The first-order valence-electron chi connectivity index (χ1n) is 13.1. The molecule has 3 fully saturated rings. The largest absolute Gasteiger partial charge is 0.387 e. The van der Waals surface area contributed by atoms with Gasteiger partial charge in [0.15, 0.2) is 23.6 Å². The molecule has 3 aliphatic heterocycles. The Kier molecular flexibility index (Phi) is 7.80. The first-order chi connectivity index (χ1) is 21.3. The molecule has 242 valence electrons. The van der Waals surface area contributed by atoms with Crippen molar-refractivity contribution >= 4 is 60.3 Å². The minimum atomic E-state index is -4.39. The second kappa shape index (κ2) is 11.3. The number of fused-ring (bicyclic) bond motifs is 5. The highest BCUT2D eigenvalue weighted by Gasteiger charge is 2.53. The van der Waals surface area contributed by atoms with Gasteiger partial charge in [-0.2, -0.15) is 4.98 Å². The zero-order valence-electron chi connectivity index (χ0n) is 22.4. The standard InChI is InChI=1S/C21H24N8O12P2S2/c22-21-25-15-10(17(32)26-21)24-7-29(15)20-14-11(30)8(38-20)5-36-42(34,44)40-13-9(6-37-43(35,45)41-14)39-19(12(13)31)28-4-3-27-2-1-23-16(27)18(28)33/h1-4,7-9,11-14,19-20,30-31H,5-6H2,(H,34,44)(H,35,45)(H3,22,25,26,32)/t8-,9-,11-,12-,13-,14-,19-,20-,42?,43?/m1/s1. The Morgan fingerprint density at radius 1 is 0.978 bits per heavy atom. The number of anilines is 1. The molecular weight excluding hydrogens is 682 g/mol. The van der Waals surface area contributed by atoms with Crippen LogP contribution in [0.15, 0.2) is 40.7 Å². The predicted octanol–water partition coefficient (Wildman–Crippen LogP) is -1.20. The summed E-state index contributed by atoms with van der Waals surface area (Å²) in [6.07, 6.45) is -4.38. The Balaban J connectivity index is 1.21. The highest BCUT2D eigenvalue weighted by atomic mass is 32.7. The van der Waals surface area contributed by atoms with Gasteiger partial charge in [-0.15, -0.1) is 0 Å². The van der Waals surface area contributed by atoms with Gasteiger partial charge in [0.2, 0.25) is 11.6 Å². The number of hydrogen-bond acceptors (Lipinski definition) is 16. The SMILES string of the molecule is Nc1nc2c(ncn2[C@@H]2O[C@@H]3COP(O)(=S)O[C@H]4[C@@H](O)[C@H](n5ccn6ccnc6c5=O)O[C@@H]4COP(=O)(S)O[C@@H]2[C@@H]3O)c(=O)[nH]1. The maximum atomic E-state index is 13.5. The lowest BCUT2D eigenvalue weighted by molar-refractivity contribution is -0.0600. The number of ether oxygens (including phenoxy) is 2. The summed E-state index contributed by atoms with van der Waals surface area (Å²) in [7, 11) is 0. The number of aromatic amines is 1. The van der Waals surface area contributed by atoms with Gasteiger partial charge >= 0.3 is 13.5 Å². The smallest absolute Gasteiger partial charge is 0.386 e. The molecule has 0 aliphatic carbocycles. The van der Waals surface area contributed by atoms with Gasteiger partial charge in [-0.05, 0) is 11.8 Å². The van der Waals surface area contributed by atoms with Gasteiger partial charge in [0, 0.05) is 24.8 Å². The Morgan fingerprint density at radius 2 is 1.73 bits per heavy atom. The lowest BCUT2D eigenvalue weighted by Crippen LogP contribution is -2.37. The number of H-pyrrole nitrogens is 1. The van der Waals surface area contributed by atoms with E-state index in [4.69, 9.17) is 45.1 Å². The van der Waals surface area contributed by atoms with E-state index in [2.05, 4.69) is 32.2 Å². The Labute approximate surface area is 260 Å². The van der Waals surface area contributed by atoms with Gasteiger partial charge in [-0.1, -0.05) is 12.2 Å². The molecule has 2 bridgehead atoms. The summed E-state index contributed by atoms with van der Waals surface area (Å²) in [5.41, 5.74) is 4.35. The molecule has 0 aromatic carbocycles. The normalized spacial score (nSPS) is 37.7. The van der Waals surface area contributed by atoms with Crippen molar-refractivity contribution in [1.82, 2.24) is 33.5 Å². The molecule has 0 spiro atoms. The second-order valence-electron chi connectivity index (χ2n) is 10.2. The van der Waals surface area contributed by atoms with Crippen molar-refractivity contribution in [1.29, 1.82) is 0 Å². The van der Waals surface area contributed by atoms with Crippen LogP contribution in [-0.4, -0.2) is 98.4 Å². The fourth-order valence-corrected chi connectivity index (χ4v) is 8.27. The van der Waals surface area contributed by atoms with Crippen LogP contribution in [0, 0.1) is 0 Å². The first kappa shape index (κ1) is 31.1. The lowest BCUT2D eigenvalue weighted by atomic mass is 10.1. The van der Waals surface area contributed by atoms with Crippen LogP contribution in [0.4, 0.5) is 5.95 Å². The van der Waals surface area contributed by atoms with E-state index in [1.807, 2.05) is 0 Å². The fraction of sp³-hybridized carbons (Fsp3) is 0.476. The van der Waals surface area contributed by atoms with Crippen molar-refractivity contribution in [2.75, 3.05) is 18.9 Å². The van der Waals surface area contributed by atoms with Crippen molar-refractivity contribution in [3.63, 3.8) is 0 Å². The van der Waals surface area contributed by atoms with Crippen LogP contribution in [0.5, 0.6) is 0 Å². The second-order valence-corrected chi connectivity index (χ2v) is 15.9. The molecular formula is C21H24N8O12P2S2. The number of aromatic nitrogens is 7. The van der Waals surface area contributed by atoms with Crippen LogP contribution >= 0.6 is 25.8 Å². The summed E-state index contributed by atoms with van der Waals surface area (Å²) < 4.78 is 51.4. The Hall–Kier alpha value is -2.56. The van der Waals surface area contributed by atoms with Crippen molar-refractivity contribution < 1.29 is 47.2 Å². The van der Waals surface area contributed by atoms with Gasteiger partial charge in [0.1, 0.15) is 36.6 Å². The molecule has 7 rings (SSSR count). The van der Waals surface area contributed by atoms with E-state index in [1.165, 1.54) is 33.9 Å². The number of aliphatic hydroxyl groups is 2. The predicted molar refractivity (Wildman–Crippen MR) is 157 cm³/mol. The van der Waals surface area contributed by atoms with E-state index >= 15 is 0 Å². The quantitative estimate of drug-likeness (QED) is 0.106. The third kappa shape index (κ3) is 5.58. The van der Waals surface area contributed by atoms with Crippen LogP contribution in [0.2, 0.25) is 0 Å².